The normalized spacial score (nSPS) is 39.8. The van der Waals surface area contributed by atoms with Crippen molar-refractivity contribution in [1.82, 2.24) is 0 Å². The molecular weight excluding hydrogens is 368 g/mol. The van der Waals surface area contributed by atoms with Crippen molar-refractivity contribution in [3.8, 4) is 0 Å². The van der Waals surface area contributed by atoms with Gasteiger partial charge < -0.3 is 10.2 Å². The number of hydrogen-bond donors (Lipinski definition) is 2. The molecule has 0 aliphatic heterocycles. The van der Waals surface area contributed by atoms with Crippen LogP contribution in [-0.2, 0) is 0 Å². The van der Waals surface area contributed by atoms with Crippen molar-refractivity contribution in [2.24, 2.45) is 35.0 Å². The highest BCUT2D eigenvalue weighted by molar-refractivity contribution is 5.38. The fraction of sp³-hybridized carbons (Fsp3) is 0.714. The molecule has 0 bridgehead atoms. The van der Waals surface area contributed by atoms with Crippen LogP contribution >= 0.6 is 0 Å². The van der Waals surface area contributed by atoms with Gasteiger partial charge in [-0.15, -0.1) is 0 Å². The van der Waals surface area contributed by atoms with Crippen molar-refractivity contribution in [2.45, 2.75) is 91.8 Å². The Morgan fingerprint density at radius 1 is 1.07 bits per heavy atom. The molecular formula is C28H44O2. The van der Waals surface area contributed by atoms with Gasteiger partial charge in [0.25, 0.3) is 0 Å². The van der Waals surface area contributed by atoms with Gasteiger partial charge in [0, 0.05) is 6.42 Å². The molecule has 7 atom stereocenters. The first-order valence-electron chi connectivity index (χ1n) is 12.3. The molecule has 2 nitrogen and oxygen atoms in total. The van der Waals surface area contributed by atoms with Gasteiger partial charge in [0.2, 0.25) is 0 Å². The Balaban J connectivity index is 1.76. The van der Waals surface area contributed by atoms with Crippen LogP contribution in [0.2, 0.25) is 0 Å². The summed E-state index contributed by atoms with van der Waals surface area (Å²) in [6.45, 7) is 16.0. The fourth-order valence-corrected chi connectivity index (χ4v) is 6.32. The van der Waals surface area contributed by atoms with E-state index in [1.54, 1.807) is 5.57 Å². The summed E-state index contributed by atoms with van der Waals surface area (Å²) in [5.41, 5.74) is 3.77. The molecule has 2 heteroatoms. The molecule has 0 spiro atoms. The van der Waals surface area contributed by atoms with Crippen LogP contribution in [0.15, 0.2) is 47.6 Å². The molecule has 3 fully saturated rings. The highest BCUT2D eigenvalue weighted by atomic mass is 16.3. The first-order valence-corrected chi connectivity index (χ1v) is 12.3. The quantitative estimate of drug-likeness (QED) is 0.499. The molecule has 3 rings (SSSR count). The Hall–Kier alpha value is -1.12. The van der Waals surface area contributed by atoms with E-state index in [0.717, 1.165) is 17.1 Å². The lowest BCUT2D eigenvalue weighted by Gasteiger charge is -2.44. The number of aliphatic hydroxyl groups is 2. The average Bonchev–Trinajstić information content (AvgIpc) is 3.04. The molecule has 30 heavy (non-hydrogen) atoms. The number of allylic oxidation sites excluding steroid dienone is 5. The van der Waals surface area contributed by atoms with Gasteiger partial charge >= 0.3 is 0 Å². The van der Waals surface area contributed by atoms with Crippen LogP contribution in [0.25, 0.3) is 0 Å². The molecule has 0 amide bonds. The summed E-state index contributed by atoms with van der Waals surface area (Å²) in [6, 6.07) is 0. The maximum atomic E-state index is 10.1. The minimum atomic E-state index is -0.605. The summed E-state index contributed by atoms with van der Waals surface area (Å²) in [7, 11) is 0. The lowest BCUT2D eigenvalue weighted by atomic mass is 9.61. The highest BCUT2D eigenvalue weighted by Crippen LogP contribution is 2.59. The first kappa shape index (κ1) is 23.5. The predicted octanol–water partition coefficient (Wildman–Crippen LogP) is 6.61. The third-order valence-electron chi connectivity index (χ3n) is 8.71. The topological polar surface area (TPSA) is 40.5 Å². The van der Waals surface area contributed by atoms with Crippen LogP contribution in [0.1, 0.15) is 79.6 Å². The van der Waals surface area contributed by atoms with Crippen molar-refractivity contribution < 1.29 is 10.2 Å². The lowest BCUT2D eigenvalue weighted by molar-refractivity contribution is 0.0862. The van der Waals surface area contributed by atoms with Crippen molar-refractivity contribution in [3.05, 3.63) is 47.6 Å². The molecule has 0 saturated heterocycles. The summed E-state index contributed by atoms with van der Waals surface area (Å²) < 4.78 is 0. The molecule has 0 aromatic heterocycles. The van der Waals surface area contributed by atoms with Crippen LogP contribution in [0, 0.1) is 35.0 Å². The van der Waals surface area contributed by atoms with Gasteiger partial charge in [-0.25, -0.2) is 0 Å². The van der Waals surface area contributed by atoms with Crippen LogP contribution in [0.3, 0.4) is 0 Å². The van der Waals surface area contributed by atoms with Crippen LogP contribution < -0.4 is 0 Å². The molecule has 2 N–H and O–H groups in total. The van der Waals surface area contributed by atoms with Gasteiger partial charge in [-0.1, -0.05) is 71.1 Å². The van der Waals surface area contributed by atoms with E-state index in [2.05, 4.69) is 65.5 Å². The van der Waals surface area contributed by atoms with E-state index < -0.39 is 12.2 Å². The Kier molecular flexibility index (Phi) is 7.51. The van der Waals surface area contributed by atoms with E-state index >= 15 is 0 Å². The van der Waals surface area contributed by atoms with Crippen molar-refractivity contribution >= 4 is 0 Å². The standard InChI is InChI=1S/C28H44O2/c1-18(2)19(3)9-10-20(4)25-13-14-26-22(8-7-15-28(25,26)6)11-12-23-16-24(29)17-27(30)21(23)5/h9-12,18-20,24-27,29-30H,5,7-8,13-17H2,1-4,6H3/t19-,20+,24+,25?,26-,27-,28+/m0/s1. The van der Waals surface area contributed by atoms with Crippen LogP contribution in [-0.4, -0.2) is 22.4 Å². The summed E-state index contributed by atoms with van der Waals surface area (Å²) in [5, 5.41) is 20.2. The zero-order chi connectivity index (χ0) is 22.1. The van der Waals surface area contributed by atoms with Crippen molar-refractivity contribution in [1.29, 1.82) is 0 Å². The van der Waals surface area contributed by atoms with E-state index in [0.29, 0.717) is 41.9 Å². The van der Waals surface area contributed by atoms with Gasteiger partial charge in [0.1, 0.15) is 0 Å². The average molecular weight is 413 g/mol. The molecule has 168 valence electrons. The predicted molar refractivity (Wildman–Crippen MR) is 127 cm³/mol. The number of fused-ring (bicyclic) bond motifs is 1. The Bertz CT molecular complexity index is 712. The minimum Gasteiger partial charge on any atom is -0.393 e. The number of aliphatic hydroxyl groups excluding tert-OH is 2. The molecule has 0 aromatic carbocycles. The van der Waals surface area contributed by atoms with Crippen molar-refractivity contribution in [2.75, 3.05) is 0 Å². The summed E-state index contributed by atoms with van der Waals surface area (Å²) in [6.07, 6.45) is 15.8. The zero-order valence-corrected chi connectivity index (χ0v) is 19.9. The maximum Gasteiger partial charge on any atom is 0.0811 e. The third kappa shape index (κ3) is 4.86. The molecule has 0 radical (unpaired) electrons. The molecule has 3 aliphatic carbocycles. The highest BCUT2D eigenvalue weighted by Gasteiger charge is 2.50. The maximum absolute atomic E-state index is 10.1. The number of hydrogen-bond acceptors (Lipinski definition) is 2. The van der Waals surface area contributed by atoms with E-state index in [1.807, 2.05) is 0 Å². The summed E-state index contributed by atoms with van der Waals surface area (Å²) in [4.78, 5) is 0. The van der Waals surface area contributed by atoms with E-state index in [1.165, 1.54) is 32.1 Å². The second-order valence-corrected chi connectivity index (χ2v) is 11.0. The van der Waals surface area contributed by atoms with Gasteiger partial charge in [-0.3, -0.25) is 0 Å². The second kappa shape index (κ2) is 9.57. The monoisotopic (exact) mass is 412 g/mol. The van der Waals surface area contributed by atoms with Crippen LogP contribution in [0.4, 0.5) is 0 Å². The van der Waals surface area contributed by atoms with E-state index in [9.17, 15) is 10.2 Å². The Morgan fingerprint density at radius 2 is 1.80 bits per heavy atom. The van der Waals surface area contributed by atoms with Crippen molar-refractivity contribution in [3.63, 3.8) is 0 Å². The molecule has 0 heterocycles. The van der Waals surface area contributed by atoms with Crippen LogP contribution in [0.5, 0.6) is 0 Å². The second-order valence-electron chi connectivity index (χ2n) is 11.0. The fourth-order valence-electron chi connectivity index (χ4n) is 6.32. The van der Waals surface area contributed by atoms with Gasteiger partial charge in [-0.05, 0) is 84.7 Å². The summed E-state index contributed by atoms with van der Waals surface area (Å²) in [5.74, 6) is 3.38. The zero-order valence-electron chi connectivity index (χ0n) is 19.9. The Labute approximate surface area is 184 Å². The largest absolute Gasteiger partial charge is 0.393 e. The third-order valence-corrected chi connectivity index (χ3v) is 8.71. The molecule has 3 aliphatic rings. The smallest absolute Gasteiger partial charge is 0.0811 e. The summed E-state index contributed by atoms with van der Waals surface area (Å²) >= 11 is 0. The van der Waals surface area contributed by atoms with Gasteiger partial charge in [0.05, 0.1) is 12.2 Å². The van der Waals surface area contributed by atoms with Gasteiger partial charge in [-0.2, -0.15) is 0 Å². The van der Waals surface area contributed by atoms with E-state index in [4.69, 9.17) is 0 Å². The van der Waals surface area contributed by atoms with E-state index in [-0.39, 0.29) is 0 Å². The van der Waals surface area contributed by atoms with Gasteiger partial charge in [0.15, 0.2) is 0 Å². The molecule has 0 aromatic rings. The first-order chi connectivity index (χ1) is 14.1. The molecule has 3 saturated carbocycles. The SMILES string of the molecule is C=C1C(=CC=C2CCC[C@]3(C)C([C@H](C)C=C[C@H](C)C(C)C)CC[C@@H]23)C[C@@H](O)C[C@@H]1O. The number of rotatable bonds is 5. The minimum absolute atomic E-state index is 0.385. The lowest BCUT2D eigenvalue weighted by Crippen LogP contribution is -2.35. The molecule has 1 unspecified atom stereocenters. The Morgan fingerprint density at radius 3 is 2.50 bits per heavy atom.